The van der Waals surface area contributed by atoms with E-state index in [1.807, 2.05) is 13.8 Å². The highest BCUT2D eigenvalue weighted by molar-refractivity contribution is 6.33. The first-order chi connectivity index (χ1) is 8.54. The third-order valence-electron chi connectivity index (χ3n) is 2.84. The molecule has 0 saturated heterocycles. The molecular weight excluding hydrogens is 252 g/mol. The summed E-state index contributed by atoms with van der Waals surface area (Å²) in [4.78, 5) is 10.0. The molecule has 1 atom stereocenters. The summed E-state index contributed by atoms with van der Waals surface area (Å²) in [6, 6.07) is 6.96. The Morgan fingerprint density at radius 3 is 2.39 bits per heavy atom. The Bertz CT molecular complexity index is 389. The van der Waals surface area contributed by atoms with Crippen molar-refractivity contribution in [3.63, 3.8) is 0 Å². The van der Waals surface area contributed by atoms with Crippen LogP contribution in [0.4, 0.5) is 0 Å². The van der Waals surface area contributed by atoms with E-state index in [9.17, 15) is 9.90 Å². The van der Waals surface area contributed by atoms with E-state index < -0.39 is 10.8 Å². The molecule has 0 aliphatic carbocycles. The van der Waals surface area contributed by atoms with Gasteiger partial charge in [0.25, 0.3) is 0 Å². The van der Waals surface area contributed by atoms with E-state index in [1.54, 1.807) is 24.3 Å². The van der Waals surface area contributed by atoms with E-state index in [-0.39, 0.29) is 0 Å². The number of benzene rings is 1. The van der Waals surface area contributed by atoms with E-state index in [1.165, 1.54) is 0 Å². The molecule has 1 aromatic rings. The van der Waals surface area contributed by atoms with Crippen LogP contribution < -0.4 is 4.74 Å². The van der Waals surface area contributed by atoms with Gasteiger partial charge in [-0.2, -0.15) is 0 Å². The van der Waals surface area contributed by atoms with Gasteiger partial charge in [0.1, 0.15) is 5.75 Å². The number of rotatable bonds is 7. The monoisotopic (exact) mass is 270 g/mol. The highest BCUT2D eigenvalue weighted by Gasteiger charge is 2.37. The number of carboxylic acid groups (broad SMARTS) is 1. The second-order valence-corrected chi connectivity index (χ2v) is 4.81. The van der Waals surface area contributed by atoms with Crippen LogP contribution in [0.1, 0.15) is 38.7 Å². The number of hydrogen-bond acceptors (Lipinski definition) is 2. The van der Waals surface area contributed by atoms with Gasteiger partial charge in [0, 0.05) is 0 Å². The predicted octanol–water partition coefficient (Wildman–Crippen LogP) is 3.79. The summed E-state index contributed by atoms with van der Waals surface area (Å²) < 4.78 is 5.32. The standard InChI is InChI=1S/C14H19ClO3/c1-3-5-10-14(15,13(16)17)11-6-8-12(9-7-11)18-4-2/h6-9H,3-5,10H2,1-2H3,(H,16,17). The Morgan fingerprint density at radius 1 is 1.33 bits per heavy atom. The molecule has 1 N–H and O–H groups in total. The summed E-state index contributed by atoms with van der Waals surface area (Å²) in [6.45, 7) is 4.50. The van der Waals surface area contributed by atoms with Crippen LogP contribution in [-0.4, -0.2) is 17.7 Å². The number of ether oxygens (including phenoxy) is 1. The normalized spacial score (nSPS) is 13.9. The van der Waals surface area contributed by atoms with Crippen molar-refractivity contribution in [1.82, 2.24) is 0 Å². The Kier molecular flexibility index (Phi) is 5.48. The third-order valence-corrected chi connectivity index (χ3v) is 3.41. The van der Waals surface area contributed by atoms with Crippen LogP contribution in [0.2, 0.25) is 0 Å². The van der Waals surface area contributed by atoms with Crippen molar-refractivity contribution in [2.24, 2.45) is 0 Å². The largest absolute Gasteiger partial charge is 0.494 e. The quantitative estimate of drug-likeness (QED) is 0.767. The van der Waals surface area contributed by atoms with Gasteiger partial charge in [-0.1, -0.05) is 31.9 Å². The zero-order valence-electron chi connectivity index (χ0n) is 10.8. The van der Waals surface area contributed by atoms with Crippen molar-refractivity contribution in [2.45, 2.75) is 38.0 Å². The van der Waals surface area contributed by atoms with E-state index in [0.29, 0.717) is 18.6 Å². The van der Waals surface area contributed by atoms with E-state index in [0.717, 1.165) is 18.6 Å². The molecule has 0 bridgehead atoms. The van der Waals surface area contributed by atoms with Crippen LogP contribution in [0.5, 0.6) is 5.75 Å². The smallest absolute Gasteiger partial charge is 0.329 e. The summed E-state index contributed by atoms with van der Waals surface area (Å²) in [5, 5.41) is 9.32. The minimum Gasteiger partial charge on any atom is -0.494 e. The molecular formula is C14H19ClO3. The van der Waals surface area contributed by atoms with Crippen molar-refractivity contribution in [3.8, 4) is 5.75 Å². The van der Waals surface area contributed by atoms with E-state index in [2.05, 4.69) is 0 Å². The molecule has 1 unspecified atom stereocenters. The molecule has 0 amide bonds. The van der Waals surface area contributed by atoms with Gasteiger partial charge < -0.3 is 9.84 Å². The Morgan fingerprint density at radius 2 is 1.94 bits per heavy atom. The average Bonchev–Trinajstić information content (AvgIpc) is 2.37. The number of aliphatic carboxylic acids is 1. The van der Waals surface area contributed by atoms with Gasteiger partial charge in [-0.3, -0.25) is 0 Å². The fraction of sp³-hybridized carbons (Fsp3) is 0.500. The fourth-order valence-electron chi connectivity index (χ4n) is 1.78. The average molecular weight is 271 g/mol. The van der Waals surface area contributed by atoms with Crippen LogP contribution in [0.15, 0.2) is 24.3 Å². The zero-order valence-corrected chi connectivity index (χ0v) is 11.5. The molecule has 3 nitrogen and oxygen atoms in total. The van der Waals surface area contributed by atoms with Gasteiger partial charge in [0.2, 0.25) is 0 Å². The second kappa shape index (κ2) is 6.64. The molecule has 0 aliphatic heterocycles. The summed E-state index contributed by atoms with van der Waals surface area (Å²) in [5.41, 5.74) is 0.605. The van der Waals surface area contributed by atoms with Crippen LogP contribution in [0.25, 0.3) is 0 Å². The molecule has 4 heteroatoms. The molecule has 100 valence electrons. The number of halogens is 1. The maximum absolute atomic E-state index is 11.4. The van der Waals surface area contributed by atoms with E-state index in [4.69, 9.17) is 16.3 Å². The molecule has 0 heterocycles. The predicted molar refractivity (Wildman–Crippen MR) is 72.3 cm³/mol. The number of alkyl halides is 1. The number of carboxylic acids is 1. The maximum Gasteiger partial charge on any atom is 0.329 e. The minimum absolute atomic E-state index is 0.425. The van der Waals surface area contributed by atoms with Gasteiger partial charge in [0.05, 0.1) is 6.61 Å². The van der Waals surface area contributed by atoms with Gasteiger partial charge in [-0.05, 0) is 31.0 Å². The van der Waals surface area contributed by atoms with Crippen LogP contribution in [-0.2, 0) is 9.67 Å². The first-order valence-corrected chi connectivity index (χ1v) is 6.58. The van der Waals surface area contributed by atoms with Crippen molar-refractivity contribution in [1.29, 1.82) is 0 Å². The molecule has 1 aromatic carbocycles. The summed E-state index contributed by atoms with van der Waals surface area (Å²) in [6.07, 6.45) is 2.12. The Labute approximate surface area is 113 Å². The Hall–Kier alpha value is -1.22. The molecule has 0 fully saturated rings. The lowest BCUT2D eigenvalue weighted by Crippen LogP contribution is -2.29. The lowest BCUT2D eigenvalue weighted by atomic mass is 9.92. The van der Waals surface area contributed by atoms with Crippen molar-refractivity contribution < 1.29 is 14.6 Å². The minimum atomic E-state index is -1.33. The second-order valence-electron chi connectivity index (χ2n) is 4.17. The molecule has 0 spiro atoms. The lowest BCUT2D eigenvalue weighted by Gasteiger charge is -2.22. The molecule has 1 rings (SSSR count). The van der Waals surface area contributed by atoms with Gasteiger partial charge in [-0.25, -0.2) is 4.79 Å². The highest BCUT2D eigenvalue weighted by atomic mass is 35.5. The number of hydrogen-bond donors (Lipinski definition) is 1. The summed E-state index contributed by atoms with van der Waals surface area (Å²) >= 11 is 6.27. The summed E-state index contributed by atoms with van der Waals surface area (Å²) in [7, 11) is 0. The SMILES string of the molecule is CCCCC(Cl)(C(=O)O)c1ccc(OCC)cc1. The molecule has 0 radical (unpaired) electrons. The van der Waals surface area contributed by atoms with Crippen LogP contribution >= 0.6 is 11.6 Å². The first-order valence-electron chi connectivity index (χ1n) is 6.20. The summed E-state index contributed by atoms with van der Waals surface area (Å²) in [5.74, 6) is -0.275. The van der Waals surface area contributed by atoms with E-state index >= 15 is 0 Å². The fourth-order valence-corrected chi connectivity index (χ4v) is 2.04. The van der Waals surface area contributed by atoms with Crippen molar-refractivity contribution in [3.05, 3.63) is 29.8 Å². The molecule has 0 aliphatic rings. The molecule has 18 heavy (non-hydrogen) atoms. The van der Waals surface area contributed by atoms with Crippen LogP contribution in [0, 0.1) is 0 Å². The van der Waals surface area contributed by atoms with Gasteiger partial charge in [-0.15, -0.1) is 11.6 Å². The molecule has 0 saturated carbocycles. The number of unbranched alkanes of at least 4 members (excludes halogenated alkanes) is 1. The lowest BCUT2D eigenvalue weighted by molar-refractivity contribution is -0.140. The topological polar surface area (TPSA) is 46.5 Å². The number of carbonyl (C=O) groups is 1. The van der Waals surface area contributed by atoms with Gasteiger partial charge >= 0.3 is 5.97 Å². The maximum atomic E-state index is 11.4. The van der Waals surface area contributed by atoms with Crippen LogP contribution in [0.3, 0.4) is 0 Å². The third kappa shape index (κ3) is 3.39. The highest BCUT2D eigenvalue weighted by Crippen LogP contribution is 2.35. The first kappa shape index (κ1) is 14.8. The zero-order chi connectivity index (χ0) is 13.6. The van der Waals surface area contributed by atoms with Gasteiger partial charge in [0.15, 0.2) is 4.87 Å². The van der Waals surface area contributed by atoms with Crippen molar-refractivity contribution >= 4 is 17.6 Å². The Balaban J connectivity index is 2.95. The molecule has 0 aromatic heterocycles. The van der Waals surface area contributed by atoms with Crippen molar-refractivity contribution in [2.75, 3.05) is 6.61 Å².